The zero-order valence-corrected chi connectivity index (χ0v) is 14.2. The van der Waals surface area contributed by atoms with Gasteiger partial charge in [-0.25, -0.2) is 4.79 Å². The van der Waals surface area contributed by atoms with Crippen LogP contribution < -0.4 is 0 Å². The third kappa shape index (κ3) is 2.71. The van der Waals surface area contributed by atoms with Gasteiger partial charge in [0, 0.05) is 35.3 Å². The molecule has 0 N–H and O–H groups in total. The number of aryl methyl sites for hydroxylation is 1. The van der Waals surface area contributed by atoms with E-state index >= 15 is 0 Å². The van der Waals surface area contributed by atoms with Crippen molar-refractivity contribution in [2.45, 2.75) is 27.3 Å². The Balaban J connectivity index is 2.24. The van der Waals surface area contributed by atoms with E-state index in [1.54, 1.807) is 0 Å². The van der Waals surface area contributed by atoms with Crippen molar-refractivity contribution in [2.24, 2.45) is 5.16 Å². The van der Waals surface area contributed by atoms with Gasteiger partial charge in [0.25, 0.3) is 0 Å². The van der Waals surface area contributed by atoms with Crippen LogP contribution in [-0.4, -0.2) is 16.2 Å². The molecule has 0 aliphatic heterocycles. The summed E-state index contributed by atoms with van der Waals surface area (Å²) in [4.78, 5) is 15.7. The molecule has 3 rings (SSSR count). The van der Waals surface area contributed by atoms with Gasteiger partial charge in [0.1, 0.15) is 0 Å². The zero-order valence-electron chi connectivity index (χ0n) is 14.2. The highest BCUT2D eigenvalue weighted by molar-refractivity contribution is 6.11. The summed E-state index contributed by atoms with van der Waals surface area (Å²) in [7, 11) is 0. The normalized spacial score (nSPS) is 11.9. The van der Waals surface area contributed by atoms with E-state index in [0.29, 0.717) is 5.71 Å². The molecule has 0 saturated carbocycles. The van der Waals surface area contributed by atoms with E-state index in [4.69, 9.17) is 4.84 Å². The van der Waals surface area contributed by atoms with Gasteiger partial charge in [-0.2, -0.15) is 0 Å². The number of hydrogen-bond acceptors (Lipinski definition) is 3. The predicted octanol–water partition coefficient (Wildman–Crippen LogP) is 4.74. The molecule has 4 nitrogen and oxygen atoms in total. The highest BCUT2D eigenvalue weighted by atomic mass is 16.7. The Labute approximate surface area is 141 Å². The average molecular weight is 320 g/mol. The third-order valence-corrected chi connectivity index (χ3v) is 4.17. The van der Waals surface area contributed by atoms with Crippen molar-refractivity contribution in [3.63, 3.8) is 0 Å². The van der Waals surface area contributed by atoms with Crippen LogP contribution in [0.15, 0.2) is 48.1 Å². The van der Waals surface area contributed by atoms with Crippen molar-refractivity contribution >= 4 is 39.6 Å². The fourth-order valence-electron chi connectivity index (χ4n) is 3.00. The van der Waals surface area contributed by atoms with Crippen LogP contribution in [0, 0.1) is 0 Å². The van der Waals surface area contributed by atoms with E-state index in [1.807, 2.05) is 19.1 Å². The van der Waals surface area contributed by atoms with E-state index in [0.717, 1.165) is 23.1 Å². The highest BCUT2D eigenvalue weighted by Crippen LogP contribution is 2.31. The molecule has 122 valence electrons. The Kier molecular flexibility index (Phi) is 4.21. The molecule has 1 heterocycles. The van der Waals surface area contributed by atoms with Crippen LogP contribution in [0.3, 0.4) is 0 Å². The van der Waals surface area contributed by atoms with Crippen molar-refractivity contribution in [1.82, 2.24) is 4.57 Å². The number of carbonyl (C=O) groups is 1. The third-order valence-electron chi connectivity index (χ3n) is 4.17. The largest absolute Gasteiger partial charge is 0.341 e. The maximum Gasteiger partial charge on any atom is 0.331 e. The van der Waals surface area contributed by atoms with Gasteiger partial charge in [0.15, 0.2) is 0 Å². The summed E-state index contributed by atoms with van der Waals surface area (Å²) in [5.74, 6) is -0.423. The summed E-state index contributed by atoms with van der Waals surface area (Å²) in [6, 6.07) is 12.6. The lowest BCUT2D eigenvalue weighted by atomic mass is 10.1. The van der Waals surface area contributed by atoms with Crippen molar-refractivity contribution in [3.8, 4) is 0 Å². The van der Waals surface area contributed by atoms with Crippen molar-refractivity contribution < 1.29 is 9.63 Å². The average Bonchev–Trinajstić information content (AvgIpc) is 2.91. The summed E-state index contributed by atoms with van der Waals surface area (Å²) in [6.07, 6.45) is 1.85. The molecule has 3 aromatic rings. The predicted molar refractivity (Wildman–Crippen MR) is 99.2 cm³/mol. The van der Waals surface area contributed by atoms with Crippen LogP contribution in [0.25, 0.3) is 27.9 Å². The minimum Gasteiger partial charge on any atom is -0.341 e. The Hall–Kier alpha value is -2.88. The first-order valence-electron chi connectivity index (χ1n) is 7.96. The molecule has 24 heavy (non-hydrogen) atoms. The molecule has 4 heteroatoms. The van der Waals surface area contributed by atoms with Crippen LogP contribution in [0.1, 0.15) is 31.9 Å². The Morgan fingerprint density at radius 2 is 1.83 bits per heavy atom. The van der Waals surface area contributed by atoms with Crippen molar-refractivity contribution in [2.75, 3.05) is 0 Å². The summed E-state index contributed by atoms with van der Waals surface area (Å²) in [5, 5.41) is 6.23. The molecule has 0 aliphatic carbocycles. The lowest BCUT2D eigenvalue weighted by Crippen LogP contribution is -1.99. The van der Waals surface area contributed by atoms with Gasteiger partial charge in [0.05, 0.1) is 5.71 Å². The van der Waals surface area contributed by atoms with Gasteiger partial charge in [-0.1, -0.05) is 29.9 Å². The molecule has 0 radical (unpaired) electrons. The molecular formula is C20H20N2O2. The molecule has 0 atom stereocenters. The lowest BCUT2D eigenvalue weighted by Gasteiger charge is -2.04. The summed E-state index contributed by atoms with van der Waals surface area (Å²) < 4.78 is 2.29. The molecule has 0 spiro atoms. The standard InChI is InChI=1S/C20H20N2O2/c1-5-15-7-9-19-17(11-15)18-12-16(13(3)21-24-14(4)23)8-10-20(18)22(19)6-2/h5,7-12H,1,6H2,2-4H3/b21-13+. The van der Waals surface area contributed by atoms with E-state index in [-0.39, 0.29) is 0 Å². The minimum absolute atomic E-state index is 0.423. The van der Waals surface area contributed by atoms with E-state index in [1.165, 1.54) is 23.3 Å². The second-order valence-electron chi connectivity index (χ2n) is 5.72. The smallest absolute Gasteiger partial charge is 0.331 e. The minimum atomic E-state index is -0.423. The SMILES string of the molecule is C=Cc1ccc2c(c1)c1cc(/C(C)=N/OC(C)=O)ccc1n2CC. The molecule has 0 aliphatic rings. The fourth-order valence-corrected chi connectivity index (χ4v) is 3.00. The number of carbonyl (C=O) groups excluding carboxylic acids is 1. The summed E-state index contributed by atoms with van der Waals surface area (Å²) in [6.45, 7) is 10.1. The van der Waals surface area contributed by atoms with Crippen LogP contribution in [0.4, 0.5) is 0 Å². The zero-order chi connectivity index (χ0) is 17.3. The molecule has 1 aromatic heterocycles. The van der Waals surface area contributed by atoms with Crippen LogP contribution in [-0.2, 0) is 16.2 Å². The van der Waals surface area contributed by atoms with Gasteiger partial charge in [-0.15, -0.1) is 0 Å². The number of hydrogen-bond donors (Lipinski definition) is 0. The van der Waals surface area contributed by atoms with E-state index < -0.39 is 5.97 Å². The van der Waals surface area contributed by atoms with Gasteiger partial charge >= 0.3 is 5.97 Å². The first-order valence-corrected chi connectivity index (χ1v) is 7.96. The maximum atomic E-state index is 10.9. The van der Waals surface area contributed by atoms with Crippen LogP contribution in [0.2, 0.25) is 0 Å². The Morgan fingerprint density at radius 3 is 2.46 bits per heavy atom. The number of fused-ring (bicyclic) bond motifs is 3. The molecular weight excluding hydrogens is 300 g/mol. The van der Waals surface area contributed by atoms with Crippen molar-refractivity contribution in [3.05, 3.63) is 54.1 Å². The van der Waals surface area contributed by atoms with Gasteiger partial charge in [-0.05, 0) is 49.2 Å². The molecule has 0 amide bonds. The first kappa shape index (κ1) is 16.0. The Morgan fingerprint density at radius 1 is 1.17 bits per heavy atom. The van der Waals surface area contributed by atoms with Gasteiger partial charge < -0.3 is 9.40 Å². The van der Waals surface area contributed by atoms with Crippen LogP contribution >= 0.6 is 0 Å². The molecule has 0 unspecified atom stereocenters. The van der Waals surface area contributed by atoms with Crippen LogP contribution in [0.5, 0.6) is 0 Å². The first-order chi connectivity index (χ1) is 11.5. The molecule has 2 aromatic carbocycles. The fraction of sp³-hybridized carbons (Fsp3) is 0.200. The van der Waals surface area contributed by atoms with Gasteiger partial charge in [0.2, 0.25) is 0 Å². The van der Waals surface area contributed by atoms with Gasteiger partial charge in [-0.3, -0.25) is 0 Å². The number of rotatable bonds is 4. The maximum absolute atomic E-state index is 10.9. The van der Waals surface area contributed by atoms with Crippen molar-refractivity contribution in [1.29, 1.82) is 0 Å². The topological polar surface area (TPSA) is 43.6 Å². The lowest BCUT2D eigenvalue weighted by molar-refractivity contribution is -0.140. The highest BCUT2D eigenvalue weighted by Gasteiger charge is 2.11. The Bertz CT molecular complexity index is 980. The number of oxime groups is 1. The second kappa shape index (κ2) is 6.32. The monoisotopic (exact) mass is 320 g/mol. The molecule has 0 fully saturated rings. The molecule has 0 saturated heterocycles. The number of aromatic nitrogens is 1. The second-order valence-corrected chi connectivity index (χ2v) is 5.72. The quantitative estimate of drug-likeness (QED) is 0.396. The summed E-state index contributed by atoms with van der Waals surface area (Å²) in [5.41, 5.74) is 5.07. The van der Waals surface area contributed by atoms with E-state index in [9.17, 15) is 4.79 Å². The van der Waals surface area contributed by atoms with E-state index in [2.05, 4.69) is 53.6 Å². The summed E-state index contributed by atoms with van der Waals surface area (Å²) >= 11 is 0. The number of benzene rings is 2. The number of nitrogens with zero attached hydrogens (tertiary/aromatic N) is 2. The molecule has 0 bridgehead atoms.